The summed E-state index contributed by atoms with van der Waals surface area (Å²) in [6.07, 6.45) is 1.09. The summed E-state index contributed by atoms with van der Waals surface area (Å²) in [6, 6.07) is 13.6. The van der Waals surface area contributed by atoms with E-state index in [1.165, 1.54) is 14.2 Å². The van der Waals surface area contributed by atoms with Gasteiger partial charge in [-0.25, -0.2) is 8.42 Å². The average Bonchev–Trinajstić information content (AvgIpc) is 2.59. The predicted octanol–water partition coefficient (Wildman–Crippen LogP) is 2.11. The van der Waals surface area contributed by atoms with Crippen molar-refractivity contribution in [2.24, 2.45) is 0 Å². The van der Waals surface area contributed by atoms with E-state index in [1.54, 1.807) is 48.5 Å². The van der Waals surface area contributed by atoms with Crippen LogP contribution in [0.4, 0.5) is 11.4 Å². The molecule has 0 aliphatic rings. The van der Waals surface area contributed by atoms with Crippen LogP contribution < -0.4 is 19.1 Å². The summed E-state index contributed by atoms with van der Waals surface area (Å²) in [7, 11) is -0.508. The molecule has 0 bridgehead atoms. The molecule has 0 radical (unpaired) electrons. The van der Waals surface area contributed by atoms with Gasteiger partial charge in [-0.3, -0.25) is 9.10 Å². The number of anilines is 2. The summed E-state index contributed by atoms with van der Waals surface area (Å²) in [5.74, 6) is 0.550. The highest BCUT2D eigenvalue weighted by atomic mass is 32.2. The van der Waals surface area contributed by atoms with Crippen molar-refractivity contribution in [3.8, 4) is 11.5 Å². The summed E-state index contributed by atoms with van der Waals surface area (Å²) in [6.45, 7) is -0.239. The second-order valence-electron chi connectivity index (χ2n) is 5.24. The van der Waals surface area contributed by atoms with E-state index in [0.717, 1.165) is 10.6 Å². The lowest BCUT2D eigenvalue weighted by molar-refractivity contribution is -0.118. The number of benzene rings is 2. The minimum atomic E-state index is -3.44. The molecule has 1 N–H and O–H groups in total. The highest BCUT2D eigenvalue weighted by molar-refractivity contribution is 7.92. The maximum Gasteiger partial charge on any atom is 0.262 e. The fourth-order valence-electron chi connectivity index (χ4n) is 2.10. The Morgan fingerprint density at radius 1 is 1.08 bits per heavy atom. The van der Waals surface area contributed by atoms with Crippen molar-refractivity contribution < 1.29 is 22.7 Å². The first-order chi connectivity index (χ1) is 11.8. The minimum absolute atomic E-state index is 0.239. The van der Waals surface area contributed by atoms with Gasteiger partial charge in [0.25, 0.3) is 5.91 Å². The van der Waals surface area contributed by atoms with Crippen LogP contribution in [0.15, 0.2) is 48.5 Å². The Morgan fingerprint density at radius 3 is 2.32 bits per heavy atom. The van der Waals surface area contributed by atoms with E-state index >= 15 is 0 Å². The molecule has 0 saturated heterocycles. The largest absolute Gasteiger partial charge is 0.493 e. The molecule has 2 aromatic rings. The molecule has 2 rings (SSSR count). The van der Waals surface area contributed by atoms with E-state index in [9.17, 15) is 13.2 Å². The summed E-state index contributed by atoms with van der Waals surface area (Å²) in [5.41, 5.74) is 0.750. The first-order valence-corrected chi connectivity index (χ1v) is 9.26. The topological polar surface area (TPSA) is 84.9 Å². The number of hydrogen-bond acceptors (Lipinski definition) is 5. The maximum atomic E-state index is 12.2. The summed E-state index contributed by atoms with van der Waals surface area (Å²) >= 11 is 0. The number of ether oxygens (including phenoxy) is 2. The molecule has 134 valence electrons. The third-order valence-electron chi connectivity index (χ3n) is 3.44. The Labute approximate surface area is 147 Å². The van der Waals surface area contributed by atoms with Crippen LogP contribution in [-0.2, 0) is 14.8 Å². The Kier molecular flexibility index (Phi) is 5.87. The molecule has 0 aromatic heterocycles. The Balaban J connectivity index is 2.09. The average molecular weight is 364 g/mol. The second-order valence-corrected chi connectivity index (χ2v) is 7.25. The highest BCUT2D eigenvalue weighted by Crippen LogP contribution is 2.27. The number of carbonyl (C=O) groups is 1. The van der Waals surface area contributed by atoms with Crippen LogP contribution in [0.2, 0.25) is 0 Å². The zero-order valence-corrected chi connectivity index (χ0v) is 15.0. The van der Waals surface area contributed by atoms with Crippen LogP contribution in [0, 0.1) is 0 Å². The number of rotatable bonds is 7. The third-order valence-corrected chi connectivity index (χ3v) is 4.63. The Morgan fingerprint density at radius 2 is 1.68 bits per heavy atom. The van der Waals surface area contributed by atoms with E-state index < -0.39 is 15.9 Å². The van der Waals surface area contributed by atoms with E-state index in [-0.39, 0.29) is 6.61 Å². The standard InChI is InChI=1S/C17H20N2O5S/c1-19(25(3,21)22)14-9-5-4-8-13(14)18-17(20)12-24-16-11-7-6-10-15(16)23-2/h4-11H,12H2,1-3H3,(H,18,20). The van der Waals surface area contributed by atoms with Gasteiger partial charge in [-0.1, -0.05) is 24.3 Å². The van der Waals surface area contributed by atoms with Crippen LogP contribution in [-0.4, -0.2) is 41.3 Å². The molecule has 0 aliphatic heterocycles. The van der Waals surface area contributed by atoms with Crippen LogP contribution in [0.3, 0.4) is 0 Å². The minimum Gasteiger partial charge on any atom is -0.493 e. The predicted molar refractivity (Wildman–Crippen MR) is 96.8 cm³/mol. The molecular formula is C17H20N2O5S. The fourth-order valence-corrected chi connectivity index (χ4v) is 2.62. The summed E-state index contributed by atoms with van der Waals surface area (Å²) < 4.78 is 35.2. The maximum absolute atomic E-state index is 12.2. The van der Waals surface area contributed by atoms with Crippen molar-refractivity contribution in [3.63, 3.8) is 0 Å². The lowest BCUT2D eigenvalue weighted by Gasteiger charge is -2.20. The highest BCUT2D eigenvalue weighted by Gasteiger charge is 2.17. The molecule has 0 spiro atoms. The molecule has 25 heavy (non-hydrogen) atoms. The molecule has 8 heteroatoms. The van der Waals surface area contributed by atoms with Crippen LogP contribution >= 0.6 is 0 Å². The number of hydrogen-bond donors (Lipinski definition) is 1. The normalized spacial score (nSPS) is 10.8. The van der Waals surface area contributed by atoms with Gasteiger partial charge >= 0.3 is 0 Å². The van der Waals surface area contributed by atoms with Crippen LogP contribution in [0.5, 0.6) is 11.5 Å². The van der Waals surface area contributed by atoms with E-state index in [4.69, 9.17) is 9.47 Å². The van der Waals surface area contributed by atoms with Gasteiger partial charge in [0, 0.05) is 7.05 Å². The van der Waals surface area contributed by atoms with E-state index in [2.05, 4.69) is 5.32 Å². The number of methoxy groups -OCH3 is 1. The van der Waals surface area contributed by atoms with Gasteiger partial charge in [-0.15, -0.1) is 0 Å². The molecule has 0 heterocycles. The zero-order valence-electron chi connectivity index (χ0n) is 14.2. The number of carbonyl (C=O) groups excluding carboxylic acids is 1. The monoisotopic (exact) mass is 364 g/mol. The molecule has 7 nitrogen and oxygen atoms in total. The van der Waals surface area contributed by atoms with Gasteiger partial charge in [0.05, 0.1) is 24.7 Å². The van der Waals surface area contributed by atoms with Crippen molar-refractivity contribution in [3.05, 3.63) is 48.5 Å². The quantitative estimate of drug-likeness (QED) is 0.813. The Bertz CT molecular complexity index is 852. The van der Waals surface area contributed by atoms with E-state index in [0.29, 0.717) is 22.9 Å². The van der Waals surface area contributed by atoms with Gasteiger partial charge in [0.2, 0.25) is 10.0 Å². The number of amides is 1. The fraction of sp³-hybridized carbons (Fsp3) is 0.235. The molecule has 2 aromatic carbocycles. The first-order valence-electron chi connectivity index (χ1n) is 7.41. The van der Waals surface area contributed by atoms with E-state index in [1.807, 2.05) is 0 Å². The van der Waals surface area contributed by atoms with Gasteiger partial charge in [0.15, 0.2) is 18.1 Å². The smallest absolute Gasteiger partial charge is 0.262 e. The van der Waals surface area contributed by atoms with Crippen molar-refractivity contribution in [1.29, 1.82) is 0 Å². The van der Waals surface area contributed by atoms with Crippen molar-refractivity contribution in [2.45, 2.75) is 0 Å². The third kappa shape index (κ3) is 4.87. The molecule has 0 saturated carbocycles. The lowest BCUT2D eigenvalue weighted by atomic mass is 10.2. The van der Waals surface area contributed by atoms with Crippen molar-refractivity contribution in [2.75, 3.05) is 36.6 Å². The number of para-hydroxylation sites is 4. The first kappa shape index (κ1) is 18.6. The van der Waals surface area contributed by atoms with Crippen molar-refractivity contribution in [1.82, 2.24) is 0 Å². The summed E-state index contributed by atoms with van der Waals surface area (Å²) in [4.78, 5) is 12.2. The number of nitrogens with one attached hydrogen (secondary N) is 1. The number of sulfonamides is 1. The number of nitrogens with zero attached hydrogens (tertiary/aromatic N) is 1. The van der Waals surface area contributed by atoms with Crippen LogP contribution in [0.1, 0.15) is 0 Å². The zero-order chi connectivity index (χ0) is 18.4. The molecule has 0 atom stereocenters. The molecule has 0 unspecified atom stereocenters. The van der Waals surface area contributed by atoms with Crippen LogP contribution in [0.25, 0.3) is 0 Å². The SMILES string of the molecule is COc1ccccc1OCC(=O)Nc1ccccc1N(C)S(C)(=O)=O. The molecular weight excluding hydrogens is 344 g/mol. The molecule has 0 fully saturated rings. The summed E-state index contributed by atoms with van der Waals surface area (Å²) in [5, 5.41) is 2.66. The van der Waals surface area contributed by atoms with Gasteiger partial charge < -0.3 is 14.8 Å². The van der Waals surface area contributed by atoms with Gasteiger partial charge in [-0.2, -0.15) is 0 Å². The Hall–Kier alpha value is -2.74. The molecule has 0 aliphatic carbocycles. The van der Waals surface area contributed by atoms with Crippen molar-refractivity contribution >= 4 is 27.3 Å². The van der Waals surface area contributed by atoms with Gasteiger partial charge in [-0.05, 0) is 24.3 Å². The molecule has 1 amide bonds. The lowest BCUT2D eigenvalue weighted by Crippen LogP contribution is -2.27. The van der Waals surface area contributed by atoms with Gasteiger partial charge in [0.1, 0.15) is 0 Å². The second kappa shape index (κ2) is 7.89.